The third-order valence-corrected chi connectivity index (χ3v) is 3.34. The average Bonchev–Trinajstić information content (AvgIpc) is 2.10. The number of rotatable bonds is 8. The normalized spacial score (nSPS) is 13.8. The first-order valence-corrected chi connectivity index (χ1v) is 6.88. The fraction of sp³-hybridized carbons (Fsp3) is 1.00. The maximum Gasteiger partial charge on any atom is 0.0649 e. The van der Waals surface area contributed by atoms with Gasteiger partial charge in [-0.05, 0) is 60.3 Å². The molecule has 0 spiro atoms. The first-order valence-electron chi connectivity index (χ1n) is 6.88. The van der Waals surface area contributed by atoms with Gasteiger partial charge in [-0.25, -0.2) is 0 Å². The van der Waals surface area contributed by atoms with Crippen molar-refractivity contribution in [2.75, 3.05) is 6.61 Å². The molecule has 0 atom stereocenters. The monoisotopic (exact) mass is 244 g/mol. The number of hydrogen-bond donors (Lipinski definition) is 0. The fourth-order valence-electron chi connectivity index (χ4n) is 1.70. The van der Waals surface area contributed by atoms with Gasteiger partial charge in [0.2, 0.25) is 0 Å². The van der Waals surface area contributed by atoms with E-state index in [4.69, 9.17) is 9.47 Å². The zero-order chi connectivity index (χ0) is 13.7. The van der Waals surface area contributed by atoms with E-state index >= 15 is 0 Å². The third-order valence-electron chi connectivity index (χ3n) is 3.34. The molecule has 0 aliphatic carbocycles. The van der Waals surface area contributed by atoms with Crippen LogP contribution >= 0.6 is 0 Å². The van der Waals surface area contributed by atoms with Gasteiger partial charge in [0.1, 0.15) is 0 Å². The van der Waals surface area contributed by atoms with Crippen molar-refractivity contribution in [1.82, 2.24) is 0 Å². The van der Waals surface area contributed by atoms with E-state index in [0.29, 0.717) is 5.92 Å². The summed E-state index contributed by atoms with van der Waals surface area (Å²) >= 11 is 0. The Bertz CT molecular complexity index is 205. The molecule has 17 heavy (non-hydrogen) atoms. The topological polar surface area (TPSA) is 18.5 Å². The van der Waals surface area contributed by atoms with Crippen LogP contribution in [0.4, 0.5) is 0 Å². The summed E-state index contributed by atoms with van der Waals surface area (Å²) in [7, 11) is 0. The molecule has 0 heterocycles. The van der Waals surface area contributed by atoms with E-state index in [1.807, 2.05) is 0 Å². The highest BCUT2D eigenvalue weighted by Gasteiger charge is 2.24. The minimum atomic E-state index is -0.0422. The van der Waals surface area contributed by atoms with Crippen molar-refractivity contribution in [2.24, 2.45) is 5.92 Å². The molecular weight excluding hydrogens is 212 g/mol. The van der Waals surface area contributed by atoms with Gasteiger partial charge in [0.05, 0.1) is 17.3 Å². The lowest BCUT2D eigenvalue weighted by Gasteiger charge is -2.31. The van der Waals surface area contributed by atoms with E-state index in [2.05, 4.69) is 55.4 Å². The Morgan fingerprint density at radius 1 is 0.941 bits per heavy atom. The molecule has 0 radical (unpaired) electrons. The lowest BCUT2D eigenvalue weighted by Crippen LogP contribution is -2.32. The molecule has 2 heteroatoms. The molecule has 104 valence electrons. The van der Waals surface area contributed by atoms with E-state index in [1.54, 1.807) is 0 Å². The van der Waals surface area contributed by atoms with E-state index in [9.17, 15) is 0 Å². The molecule has 0 bridgehead atoms. The van der Waals surface area contributed by atoms with Crippen LogP contribution in [0, 0.1) is 5.92 Å². The highest BCUT2D eigenvalue weighted by molar-refractivity contribution is 4.74. The van der Waals surface area contributed by atoms with Gasteiger partial charge in [0.15, 0.2) is 0 Å². The zero-order valence-corrected chi connectivity index (χ0v) is 13.1. The smallest absolute Gasteiger partial charge is 0.0649 e. The summed E-state index contributed by atoms with van der Waals surface area (Å²) in [6.45, 7) is 18.0. The second kappa shape index (κ2) is 6.75. The summed E-state index contributed by atoms with van der Waals surface area (Å²) in [6, 6.07) is 0. The minimum Gasteiger partial charge on any atom is -0.375 e. The highest BCUT2D eigenvalue weighted by Crippen LogP contribution is 2.23. The largest absolute Gasteiger partial charge is 0.375 e. The molecule has 0 unspecified atom stereocenters. The van der Waals surface area contributed by atoms with Crippen molar-refractivity contribution < 1.29 is 9.47 Å². The van der Waals surface area contributed by atoms with E-state index in [-0.39, 0.29) is 17.3 Å². The Morgan fingerprint density at radius 3 is 1.88 bits per heavy atom. The van der Waals surface area contributed by atoms with Crippen molar-refractivity contribution in [3.63, 3.8) is 0 Å². The summed E-state index contributed by atoms with van der Waals surface area (Å²) in [5.41, 5.74) is -0.0669. The van der Waals surface area contributed by atoms with Crippen LogP contribution in [-0.2, 0) is 9.47 Å². The van der Waals surface area contributed by atoms with Gasteiger partial charge in [0, 0.05) is 6.61 Å². The summed E-state index contributed by atoms with van der Waals surface area (Å²) in [5.74, 6) is 0.544. The minimum absolute atomic E-state index is 0.0248. The molecule has 0 saturated carbocycles. The molecule has 0 aromatic carbocycles. The van der Waals surface area contributed by atoms with Crippen LogP contribution in [-0.4, -0.2) is 23.9 Å². The van der Waals surface area contributed by atoms with Gasteiger partial charge < -0.3 is 9.47 Å². The van der Waals surface area contributed by atoms with Crippen LogP contribution in [0.2, 0.25) is 0 Å². The first-order chi connectivity index (χ1) is 7.57. The molecule has 2 nitrogen and oxygen atoms in total. The lowest BCUT2D eigenvalue weighted by molar-refractivity contribution is -0.0798. The second-order valence-corrected chi connectivity index (χ2v) is 6.64. The predicted molar refractivity (Wildman–Crippen MR) is 74.4 cm³/mol. The van der Waals surface area contributed by atoms with Gasteiger partial charge in [-0.3, -0.25) is 0 Å². The van der Waals surface area contributed by atoms with Gasteiger partial charge in [0.25, 0.3) is 0 Å². The Labute approximate surface area is 108 Å². The van der Waals surface area contributed by atoms with Crippen LogP contribution in [0.5, 0.6) is 0 Å². The number of ether oxygens (including phenoxy) is 2. The van der Waals surface area contributed by atoms with E-state index < -0.39 is 0 Å². The molecule has 0 aromatic rings. The van der Waals surface area contributed by atoms with Gasteiger partial charge >= 0.3 is 0 Å². The summed E-state index contributed by atoms with van der Waals surface area (Å²) in [6.07, 6.45) is 2.38. The molecule has 0 amide bonds. The van der Waals surface area contributed by atoms with Crippen LogP contribution in [0.25, 0.3) is 0 Å². The number of hydrogen-bond acceptors (Lipinski definition) is 2. The molecule has 0 fully saturated rings. The molecule has 0 N–H and O–H groups in total. The summed E-state index contributed by atoms with van der Waals surface area (Å²) < 4.78 is 11.8. The summed E-state index contributed by atoms with van der Waals surface area (Å²) in [5, 5.41) is 0. The van der Waals surface area contributed by atoms with E-state index in [0.717, 1.165) is 19.4 Å². The molecule has 0 rings (SSSR count). The standard InChI is InChI=1S/C15H32O2/c1-12(2)15(7,8)16-11-9-10-14(5,6)17-13(3)4/h12-13H,9-11H2,1-8H3. The van der Waals surface area contributed by atoms with Gasteiger partial charge in [-0.1, -0.05) is 13.8 Å². The summed E-state index contributed by atoms with van der Waals surface area (Å²) in [4.78, 5) is 0. The SMILES string of the molecule is CC(C)OC(C)(C)CCCOC(C)(C)C(C)C. The van der Waals surface area contributed by atoms with Gasteiger partial charge in [-0.15, -0.1) is 0 Å². The zero-order valence-electron chi connectivity index (χ0n) is 13.1. The fourth-order valence-corrected chi connectivity index (χ4v) is 1.70. The average molecular weight is 244 g/mol. The first kappa shape index (κ1) is 16.9. The van der Waals surface area contributed by atoms with Crippen molar-refractivity contribution in [3.05, 3.63) is 0 Å². The molecule has 0 saturated heterocycles. The lowest BCUT2D eigenvalue weighted by atomic mass is 9.94. The Morgan fingerprint density at radius 2 is 1.47 bits per heavy atom. The molecular formula is C15H32O2. The highest BCUT2D eigenvalue weighted by atomic mass is 16.5. The predicted octanol–water partition coefficient (Wildman–Crippen LogP) is 4.42. The van der Waals surface area contributed by atoms with E-state index in [1.165, 1.54) is 0 Å². The third kappa shape index (κ3) is 7.77. The van der Waals surface area contributed by atoms with Crippen LogP contribution in [0.1, 0.15) is 68.2 Å². The van der Waals surface area contributed by atoms with Crippen molar-refractivity contribution in [2.45, 2.75) is 85.5 Å². The Kier molecular flexibility index (Phi) is 6.71. The van der Waals surface area contributed by atoms with Crippen LogP contribution in [0.15, 0.2) is 0 Å². The van der Waals surface area contributed by atoms with Crippen molar-refractivity contribution in [3.8, 4) is 0 Å². The molecule has 0 aliphatic rings. The van der Waals surface area contributed by atoms with Crippen molar-refractivity contribution in [1.29, 1.82) is 0 Å². The molecule has 0 aromatic heterocycles. The second-order valence-electron chi connectivity index (χ2n) is 6.64. The quantitative estimate of drug-likeness (QED) is 0.588. The Hall–Kier alpha value is -0.0800. The van der Waals surface area contributed by atoms with Gasteiger partial charge in [-0.2, -0.15) is 0 Å². The maximum absolute atomic E-state index is 5.94. The van der Waals surface area contributed by atoms with Crippen LogP contribution in [0.3, 0.4) is 0 Å². The van der Waals surface area contributed by atoms with Crippen LogP contribution < -0.4 is 0 Å². The maximum atomic E-state index is 5.94. The Balaban J connectivity index is 3.85. The molecule has 0 aliphatic heterocycles. The van der Waals surface area contributed by atoms with Crippen molar-refractivity contribution >= 4 is 0 Å².